The Kier molecular flexibility index (Phi) is 11.3. The fourth-order valence-electron chi connectivity index (χ4n) is 9.17. The second-order valence-corrected chi connectivity index (χ2v) is 16.1. The molecule has 6 aliphatic rings. The number of nitrogens with zero attached hydrogens (tertiary/aromatic N) is 2. The van der Waals surface area contributed by atoms with E-state index in [1.54, 1.807) is 39.0 Å². The summed E-state index contributed by atoms with van der Waals surface area (Å²) in [6, 6.07) is 8.93. The molecule has 4 amide bonds. The number of hydrogen-bond donors (Lipinski definition) is 6. The molecule has 6 atom stereocenters. The number of fused-ring (bicyclic) bond motifs is 2. The Hall–Kier alpha value is -4.11. The van der Waals surface area contributed by atoms with Crippen LogP contribution >= 0.6 is 23.1 Å². The molecule has 0 unspecified atom stereocenters. The summed E-state index contributed by atoms with van der Waals surface area (Å²) >= 11 is 3.20. The molecule has 14 heteroatoms. The summed E-state index contributed by atoms with van der Waals surface area (Å²) in [7, 11) is 0. The van der Waals surface area contributed by atoms with Crippen LogP contribution in [0, 0.1) is 0 Å². The molecule has 0 bridgehead atoms. The van der Waals surface area contributed by atoms with Gasteiger partial charge in [-0.3, -0.25) is 19.2 Å². The molecule has 0 spiro atoms. The monoisotopic (exact) mass is 760 g/mol. The highest BCUT2D eigenvalue weighted by molar-refractivity contribution is 7.98. The molecule has 4 aliphatic heterocycles. The van der Waals surface area contributed by atoms with Crippen LogP contribution in [0.4, 0.5) is 0 Å². The van der Waals surface area contributed by atoms with Crippen molar-refractivity contribution < 1.29 is 29.4 Å². The first kappa shape index (κ1) is 37.2. The largest absolute Gasteiger partial charge is 0.387 e. The summed E-state index contributed by atoms with van der Waals surface area (Å²) in [6.45, 7) is 3.72. The van der Waals surface area contributed by atoms with Gasteiger partial charge in [0.1, 0.15) is 19.3 Å². The van der Waals surface area contributed by atoms with Gasteiger partial charge in [0.05, 0.1) is 42.4 Å². The number of hydrogen-bond acceptors (Lipinski definition) is 10. The molecule has 0 saturated heterocycles. The van der Waals surface area contributed by atoms with Gasteiger partial charge in [-0.25, -0.2) is 0 Å². The van der Waals surface area contributed by atoms with E-state index in [2.05, 4.69) is 27.8 Å². The van der Waals surface area contributed by atoms with Crippen LogP contribution in [0.3, 0.4) is 0 Å². The summed E-state index contributed by atoms with van der Waals surface area (Å²) in [5, 5.41) is 34.3. The first-order valence-electron chi connectivity index (χ1n) is 18.5. The fraction of sp³-hybridized carbons (Fsp3) is 0.487. The molecular weight excluding hydrogens is 713 g/mol. The maximum atomic E-state index is 12.9. The highest BCUT2D eigenvalue weighted by Crippen LogP contribution is 2.45. The molecule has 2 fully saturated rings. The number of aliphatic hydroxyl groups is 2. The minimum Gasteiger partial charge on any atom is -0.387 e. The summed E-state index contributed by atoms with van der Waals surface area (Å²) in [4.78, 5) is 56.9. The summed E-state index contributed by atoms with van der Waals surface area (Å²) in [5.41, 5.74) is 4.75. The normalized spacial score (nSPS) is 27.7. The lowest BCUT2D eigenvalue weighted by molar-refractivity contribution is -0.141. The predicted octanol–water partition coefficient (Wildman–Crippen LogP) is 3.12. The van der Waals surface area contributed by atoms with Gasteiger partial charge < -0.3 is 41.3 Å². The Morgan fingerprint density at radius 3 is 1.91 bits per heavy atom. The van der Waals surface area contributed by atoms with Crippen molar-refractivity contribution in [2.24, 2.45) is 0 Å². The third-order valence-corrected chi connectivity index (χ3v) is 13.4. The second kappa shape index (κ2) is 16.1. The molecule has 1 aromatic heterocycles. The lowest BCUT2D eigenvalue weighted by Crippen LogP contribution is -2.54. The summed E-state index contributed by atoms with van der Waals surface area (Å²) in [5.74, 6) is -0.920. The smallest absolute Gasteiger partial charge is 0.251 e. The Labute approximate surface area is 318 Å². The number of aliphatic hydroxyl groups excluding tert-OH is 2. The van der Waals surface area contributed by atoms with Gasteiger partial charge in [0.25, 0.3) is 11.8 Å². The third kappa shape index (κ3) is 6.90. The van der Waals surface area contributed by atoms with Gasteiger partial charge >= 0.3 is 0 Å². The van der Waals surface area contributed by atoms with Gasteiger partial charge in [0, 0.05) is 33.3 Å². The van der Waals surface area contributed by atoms with Crippen molar-refractivity contribution in [2.45, 2.75) is 92.5 Å². The van der Waals surface area contributed by atoms with E-state index in [4.69, 9.17) is 0 Å². The van der Waals surface area contributed by atoms with E-state index in [0.717, 1.165) is 83.7 Å². The number of thioether (sulfide) groups is 1. The van der Waals surface area contributed by atoms with Gasteiger partial charge in [0.2, 0.25) is 11.8 Å². The van der Waals surface area contributed by atoms with Crippen molar-refractivity contribution in [2.75, 3.05) is 32.6 Å². The Bertz CT molecular complexity index is 1840. The van der Waals surface area contributed by atoms with Gasteiger partial charge in [-0.15, -0.1) is 23.1 Å². The maximum absolute atomic E-state index is 12.9. The van der Waals surface area contributed by atoms with Gasteiger partial charge in [-0.05, 0) is 54.5 Å². The van der Waals surface area contributed by atoms with E-state index in [-0.39, 0.29) is 47.8 Å². The van der Waals surface area contributed by atoms with Crippen LogP contribution in [-0.2, 0) is 19.2 Å². The van der Waals surface area contributed by atoms with Crippen LogP contribution in [0.15, 0.2) is 69.7 Å². The van der Waals surface area contributed by atoms with Crippen LogP contribution in [-0.4, -0.2) is 100 Å². The number of benzene rings is 1. The molecular formula is C39H48N6O6S2. The number of carbonyl (C=O) groups excluding carboxylic acids is 4. The molecule has 6 N–H and O–H groups in total. The lowest BCUT2D eigenvalue weighted by atomic mass is 9.86. The van der Waals surface area contributed by atoms with Crippen molar-refractivity contribution in [1.82, 2.24) is 31.1 Å². The number of thiophene rings is 1. The molecule has 2 aliphatic carbocycles. The molecule has 2 aromatic rings. The Morgan fingerprint density at radius 1 is 0.830 bits per heavy atom. The Balaban J connectivity index is 0.000000164. The van der Waals surface area contributed by atoms with Crippen molar-refractivity contribution in [3.8, 4) is 0 Å². The number of nitrogens with one attached hydrogen (secondary N) is 4. The van der Waals surface area contributed by atoms with Crippen molar-refractivity contribution >= 4 is 52.8 Å². The van der Waals surface area contributed by atoms with E-state index in [1.165, 1.54) is 0 Å². The zero-order valence-electron chi connectivity index (χ0n) is 29.9. The second-order valence-electron chi connectivity index (χ2n) is 14.3. The zero-order chi connectivity index (χ0) is 37.2. The van der Waals surface area contributed by atoms with Crippen molar-refractivity contribution in [1.29, 1.82) is 0 Å². The number of rotatable bonds is 6. The first-order valence-corrected chi connectivity index (χ1v) is 20.6. The maximum Gasteiger partial charge on any atom is 0.251 e. The third-order valence-electron chi connectivity index (χ3n) is 11.5. The number of carbonyl (C=O) groups is 4. The van der Waals surface area contributed by atoms with E-state index in [0.29, 0.717) is 24.2 Å². The van der Waals surface area contributed by atoms with Crippen LogP contribution in [0.25, 0.3) is 6.08 Å². The molecule has 8 rings (SSSR count). The van der Waals surface area contributed by atoms with E-state index < -0.39 is 25.3 Å². The lowest BCUT2D eigenvalue weighted by Gasteiger charge is -2.42. The van der Waals surface area contributed by atoms with Crippen molar-refractivity contribution in [3.63, 3.8) is 0 Å². The summed E-state index contributed by atoms with van der Waals surface area (Å²) in [6.07, 6.45) is 11.7. The van der Waals surface area contributed by atoms with E-state index in [9.17, 15) is 29.4 Å². The van der Waals surface area contributed by atoms with E-state index >= 15 is 0 Å². The highest BCUT2D eigenvalue weighted by Gasteiger charge is 2.48. The van der Waals surface area contributed by atoms with Gasteiger partial charge in [-0.1, -0.05) is 62.6 Å². The summed E-state index contributed by atoms with van der Waals surface area (Å²) < 4.78 is 0. The Morgan fingerprint density at radius 2 is 1.36 bits per heavy atom. The molecule has 53 heavy (non-hydrogen) atoms. The van der Waals surface area contributed by atoms with E-state index in [1.807, 2.05) is 42.0 Å². The molecule has 1 aromatic carbocycles. The SMILES string of the molecule is C=Cc1ccccc1[C@@H]1C2=C(CNC2=O)N[C@@H]2CCCC[C@H]2N1C(=O)CO.CSc1ccsc1[C@@H]1C2=C(CNC2=O)N[C@@H]2CCCC[C@H]2N1C(=O)CO. The van der Waals surface area contributed by atoms with Crippen LogP contribution < -0.4 is 21.3 Å². The fourth-order valence-corrected chi connectivity index (χ4v) is 11.1. The first-order chi connectivity index (χ1) is 25.8. The number of amides is 4. The topological polar surface area (TPSA) is 163 Å². The van der Waals surface area contributed by atoms with Crippen LogP contribution in [0.2, 0.25) is 0 Å². The van der Waals surface area contributed by atoms with Gasteiger partial charge in [0.15, 0.2) is 0 Å². The molecule has 5 heterocycles. The minimum absolute atomic E-state index is 0.0105. The quantitative estimate of drug-likeness (QED) is 0.243. The molecule has 282 valence electrons. The van der Waals surface area contributed by atoms with Crippen LogP contribution in [0.1, 0.15) is 79.5 Å². The molecule has 0 radical (unpaired) electrons. The highest BCUT2D eigenvalue weighted by atomic mass is 32.2. The van der Waals surface area contributed by atoms with Crippen molar-refractivity contribution in [3.05, 3.63) is 80.8 Å². The van der Waals surface area contributed by atoms with Crippen LogP contribution in [0.5, 0.6) is 0 Å². The van der Waals surface area contributed by atoms with Gasteiger partial charge in [-0.2, -0.15) is 0 Å². The molecule has 12 nitrogen and oxygen atoms in total. The zero-order valence-corrected chi connectivity index (χ0v) is 31.6. The minimum atomic E-state index is -0.569. The molecule has 2 saturated carbocycles. The average Bonchev–Trinajstić information content (AvgIpc) is 3.86. The average molecular weight is 761 g/mol. The standard InChI is InChI=1S/C21H25N3O3.C18H23N3O3S2/c1-2-13-7-3-4-8-14(13)20-19-16(11-22-21(19)27)23-15-9-5-6-10-17(15)24(20)18(26)12-25;1-25-13-6-7-26-17(13)16-15-11(8-19-18(15)24)20-10-4-2-3-5-12(10)21(16)14(23)9-22/h2-4,7-8,15,17,20,23,25H,1,5-6,9-12H2,(H,22,27);6-7,10,12,16,20,22H,2-5,8-9H2,1H3,(H,19,24)/t15-,17-,20-;10-,12-,16+/m11/s1. The predicted molar refractivity (Wildman–Crippen MR) is 204 cm³/mol.